The van der Waals surface area contributed by atoms with Crippen molar-refractivity contribution in [1.29, 1.82) is 0 Å². The number of hydrogen-bond donors (Lipinski definition) is 0. The van der Waals surface area contributed by atoms with Crippen LogP contribution in [-0.2, 0) is 0 Å². The van der Waals surface area contributed by atoms with E-state index in [1.54, 1.807) is 0 Å². The quantitative estimate of drug-likeness (QED) is 0.270. The van der Waals surface area contributed by atoms with Crippen molar-refractivity contribution in [3.05, 3.63) is 119 Å². The Morgan fingerprint density at radius 1 is 0.342 bits per heavy atom. The van der Waals surface area contributed by atoms with Crippen LogP contribution in [0.2, 0.25) is 0 Å². The molecule has 4 nitrogen and oxygen atoms in total. The molecule has 0 fully saturated rings. The molecule has 4 aromatic carbocycles. The summed E-state index contributed by atoms with van der Waals surface area (Å²) in [6.45, 7) is 2.64. The van der Waals surface area contributed by atoms with Crippen LogP contribution in [0, 0.1) is 0 Å². The van der Waals surface area contributed by atoms with Crippen LogP contribution in [0.4, 0.5) is 0 Å². The Hall–Kier alpha value is -3.40. The first-order valence-corrected chi connectivity index (χ1v) is 16.0. The van der Waals surface area contributed by atoms with Crippen LogP contribution in [0.15, 0.2) is 117 Å². The molecule has 0 saturated heterocycles. The molecule has 38 heavy (non-hydrogen) atoms. The first-order valence-electron chi connectivity index (χ1n) is 12.6. The number of aliphatic imine (C=N–C) groups is 4. The predicted molar refractivity (Wildman–Crippen MR) is 166 cm³/mol. The van der Waals surface area contributed by atoms with Gasteiger partial charge in [0, 0.05) is 0 Å². The van der Waals surface area contributed by atoms with Gasteiger partial charge in [-0.15, -0.1) is 0 Å². The fourth-order valence-corrected chi connectivity index (χ4v) is 8.07. The molecule has 0 aromatic heterocycles. The van der Waals surface area contributed by atoms with E-state index in [1.165, 1.54) is 40.1 Å². The van der Waals surface area contributed by atoms with Gasteiger partial charge in [-0.1, -0.05) is 0 Å². The third-order valence-electron chi connectivity index (χ3n) is 5.75. The molecule has 4 aromatic rings. The minimum atomic E-state index is 0.147. The van der Waals surface area contributed by atoms with Crippen molar-refractivity contribution in [3.8, 4) is 0 Å². The first kappa shape index (κ1) is 26.2. The van der Waals surface area contributed by atoms with E-state index in [9.17, 15) is 0 Å². The second kappa shape index (κ2) is 13.9. The third kappa shape index (κ3) is 7.34. The van der Waals surface area contributed by atoms with Gasteiger partial charge >= 0.3 is 238 Å². The Labute approximate surface area is 237 Å². The van der Waals surface area contributed by atoms with E-state index in [-0.39, 0.29) is 29.9 Å². The Balaban J connectivity index is 1.44. The second-order valence-corrected chi connectivity index (χ2v) is 13.0. The van der Waals surface area contributed by atoms with E-state index in [4.69, 9.17) is 20.0 Å². The number of fused-ring (bicyclic) bond motifs is 4. The van der Waals surface area contributed by atoms with Crippen molar-refractivity contribution in [2.45, 2.75) is 0 Å². The summed E-state index contributed by atoms with van der Waals surface area (Å²) in [5, 5.41) is 0. The molecule has 0 amide bonds. The van der Waals surface area contributed by atoms with Crippen molar-refractivity contribution in [1.82, 2.24) is 0 Å². The zero-order chi connectivity index (χ0) is 25.8. The standard InChI is InChI=1S/C32H28N4Se2/c1-5-13-29-25(9-1)21-33-17-18-34-23-27-11-3-7-15-31(27)38-32-16-8-4-12-28(32)24-36-20-19-35-22-26-10-2-6-14-30(26)37-29/h1-16,21-24H,17-20H2. The average molecular weight is 627 g/mol. The zero-order valence-corrected chi connectivity index (χ0v) is 24.4. The van der Waals surface area contributed by atoms with Gasteiger partial charge in [0.2, 0.25) is 0 Å². The molecule has 0 spiro atoms. The summed E-state index contributed by atoms with van der Waals surface area (Å²) in [5.41, 5.74) is 4.69. The van der Waals surface area contributed by atoms with Gasteiger partial charge < -0.3 is 0 Å². The summed E-state index contributed by atoms with van der Waals surface area (Å²) in [6.07, 6.45) is 8.01. The Morgan fingerprint density at radius 2 is 0.579 bits per heavy atom. The molecule has 0 bridgehead atoms. The van der Waals surface area contributed by atoms with E-state index in [0.717, 1.165) is 0 Å². The zero-order valence-electron chi connectivity index (χ0n) is 21.0. The van der Waals surface area contributed by atoms with Gasteiger partial charge in [-0.3, -0.25) is 0 Å². The van der Waals surface area contributed by atoms with E-state index >= 15 is 0 Å². The molecule has 188 valence electrons. The molecular weight excluding hydrogens is 598 g/mol. The summed E-state index contributed by atoms with van der Waals surface area (Å²) in [5.74, 6) is 0. The summed E-state index contributed by atoms with van der Waals surface area (Å²) in [4.78, 5) is 18.8. The van der Waals surface area contributed by atoms with Crippen LogP contribution in [-0.4, -0.2) is 81.0 Å². The van der Waals surface area contributed by atoms with E-state index in [0.29, 0.717) is 26.2 Å². The van der Waals surface area contributed by atoms with Gasteiger partial charge in [0.1, 0.15) is 0 Å². The van der Waals surface area contributed by atoms with Gasteiger partial charge in [-0.25, -0.2) is 0 Å². The van der Waals surface area contributed by atoms with Gasteiger partial charge in [0.25, 0.3) is 0 Å². The summed E-state index contributed by atoms with van der Waals surface area (Å²) in [7, 11) is 0. The van der Waals surface area contributed by atoms with Crippen LogP contribution in [0.25, 0.3) is 0 Å². The van der Waals surface area contributed by atoms with Crippen molar-refractivity contribution in [3.63, 3.8) is 0 Å². The molecule has 0 radical (unpaired) electrons. The maximum atomic E-state index is 4.70. The molecule has 0 N–H and O–H groups in total. The molecule has 6 heteroatoms. The SMILES string of the molecule is C1=NCCN=Cc2ccccc2[Se]c2ccccc2C=NCCN=Cc2ccccc2[Se]c2ccccc21. The topological polar surface area (TPSA) is 49.4 Å². The van der Waals surface area contributed by atoms with Crippen LogP contribution >= 0.6 is 0 Å². The predicted octanol–water partition coefficient (Wildman–Crippen LogP) is 2.39. The second-order valence-electron chi connectivity index (χ2n) is 8.50. The molecule has 0 unspecified atom stereocenters. The first-order chi connectivity index (χ1) is 18.9. The molecule has 0 saturated carbocycles. The van der Waals surface area contributed by atoms with Gasteiger partial charge in [-0.05, 0) is 0 Å². The number of nitrogens with zero attached hydrogens (tertiary/aromatic N) is 4. The molecule has 0 aliphatic carbocycles. The Bertz CT molecular complexity index is 1270. The Kier molecular flexibility index (Phi) is 9.62. The van der Waals surface area contributed by atoms with E-state index in [2.05, 4.69) is 97.1 Å². The van der Waals surface area contributed by atoms with Crippen LogP contribution in [0.1, 0.15) is 22.3 Å². The van der Waals surface area contributed by atoms with Gasteiger partial charge in [0.15, 0.2) is 0 Å². The fraction of sp³-hybridized carbons (Fsp3) is 0.125. The molecule has 5 rings (SSSR count). The normalized spacial score (nSPS) is 14.3. The molecular formula is C32H28N4Se2. The van der Waals surface area contributed by atoms with Crippen molar-refractivity contribution < 1.29 is 0 Å². The van der Waals surface area contributed by atoms with Crippen LogP contribution in [0.5, 0.6) is 0 Å². The molecule has 1 aliphatic rings. The summed E-state index contributed by atoms with van der Waals surface area (Å²) < 4.78 is 5.26. The fourth-order valence-electron chi connectivity index (χ4n) is 3.84. The number of rotatable bonds is 0. The molecule has 1 aliphatic heterocycles. The van der Waals surface area contributed by atoms with E-state index in [1.807, 2.05) is 24.9 Å². The van der Waals surface area contributed by atoms with Gasteiger partial charge in [0.05, 0.1) is 0 Å². The van der Waals surface area contributed by atoms with Crippen molar-refractivity contribution in [2.75, 3.05) is 26.2 Å². The van der Waals surface area contributed by atoms with Crippen LogP contribution < -0.4 is 17.8 Å². The van der Waals surface area contributed by atoms with Crippen molar-refractivity contribution in [2.24, 2.45) is 20.0 Å². The Morgan fingerprint density at radius 3 is 0.842 bits per heavy atom. The third-order valence-corrected chi connectivity index (χ3v) is 10.7. The number of hydrogen-bond acceptors (Lipinski definition) is 4. The molecule has 1 heterocycles. The summed E-state index contributed by atoms with van der Waals surface area (Å²) >= 11 is 0.293. The van der Waals surface area contributed by atoms with Crippen molar-refractivity contribution >= 4 is 72.6 Å². The minimum absolute atomic E-state index is 0.147. The monoisotopic (exact) mass is 628 g/mol. The van der Waals surface area contributed by atoms with Crippen LogP contribution in [0.3, 0.4) is 0 Å². The maximum absolute atomic E-state index is 4.70. The summed E-state index contributed by atoms with van der Waals surface area (Å²) in [6, 6.07) is 34.1. The molecule has 0 atom stereocenters. The average Bonchev–Trinajstić information content (AvgIpc) is 2.95. The van der Waals surface area contributed by atoms with Gasteiger partial charge in [-0.2, -0.15) is 0 Å². The number of benzene rings is 4. The van der Waals surface area contributed by atoms with E-state index < -0.39 is 0 Å².